The van der Waals surface area contributed by atoms with E-state index >= 15 is 0 Å². The average molecular weight is 537 g/mol. The van der Waals surface area contributed by atoms with Crippen molar-refractivity contribution >= 4 is 31.0 Å². The number of fused-ring (bicyclic) bond motifs is 1. The largest absolute Gasteiger partial charge is 0.214 e. The van der Waals surface area contributed by atoms with Gasteiger partial charge < -0.3 is 0 Å². The van der Waals surface area contributed by atoms with Crippen molar-refractivity contribution in [2.24, 2.45) is 0 Å². The van der Waals surface area contributed by atoms with Gasteiger partial charge in [0.05, 0.1) is 0 Å². The Labute approximate surface area is 206 Å². The Kier molecular flexibility index (Phi) is 10.9. The molecule has 0 spiro atoms. The molecule has 0 aromatic heterocycles. The van der Waals surface area contributed by atoms with Crippen molar-refractivity contribution in [3.63, 3.8) is 0 Å². The molecule has 0 fully saturated rings. The fourth-order valence-electron chi connectivity index (χ4n) is 3.27. The first-order chi connectivity index (χ1) is 15.7. The zero-order valence-corrected chi connectivity index (χ0v) is 21.8. The van der Waals surface area contributed by atoms with Crippen molar-refractivity contribution in [3.05, 3.63) is 145 Å². The van der Waals surface area contributed by atoms with Crippen LogP contribution < -0.4 is 0 Å². The third-order valence-electron chi connectivity index (χ3n) is 4.89. The van der Waals surface area contributed by atoms with Gasteiger partial charge >= 0.3 is 124 Å². The molecule has 0 aliphatic heterocycles. The van der Waals surface area contributed by atoms with Crippen molar-refractivity contribution in [3.8, 4) is 0 Å². The van der Waals surface area contributed by atoms with Crippen LogP contribution >= 0.6 is 17.0 Å². The molecule has 0 aliphatic rings. The van der Waals surface area contributed by atoms with Gasteiger partial charge in [0.2, 0.25) is 0 Å². The first-order valence-electron chi connectivity index (χ1n) is 10.6. The van der Waals surface area contributed by atoms with Crippen LogP contribution in [0, 0.1) is 0 Å². The zero-order chi connectivity index (χ0) is 22.4. The van der Waals surface area contributed by atoms with Crippen LogP contribution in [0.4, 0.5) is 0 Å². The number of benzene rings is 3. The fourth-order valence-corrected chi connectivity index (χ4v) is 6.51. The molecule has 0 saturated heterocycles. The molecule has 5 aromatic rings. The van der Waals surface area contributed by atoms with Crippen LogP contribution in [0.25, 0.3) is 10.8 Å². The van der Waals surface area contributed by atoms with Crippen LogP contribution in [0.15, 0.2) is 133 Å². The topological polar surface area (TPSA) is 0 Å². The van der Waals surface area contributed by atoms with Crippen molar-refractivity contribution in [1.82, 2.24) is 0 Å². The minimum atomic E-state index is -2.32. The Balaban J connectivity index is 0.000000168. The minimum absolute atomic E-state index is 0.914. The van der Waals surface area contributed by atoms with Gasteiger partial charge in [-0.15, -0.1) is 29.7 Å². The van der Waals surface area contributed by atoms with Crippen LogP contribution in [-0.4, -0.2) is 3.21 Å². The van der Waals surface area contributed by atoms with Crippen molar-refractivity contribution < 1.29 is 18.9 Å². The van der Waals surface area contributed by atoms with Gasteiger partial charge in [0.1, 0.15) is 0 Å². The molecule has 0 atom stereocenters. The summed E-state index contributed by atoms with van der Waals surface area (Å²) in [5, 5.41) is 2.66. The van der Waals surface area contributed by atoms with Crippen LogP contribution in [-0.2, 0) is 31.7 Å². The molecule has 0 nitrogen and oxygen atoms in total. The number of hydrogen-bond acceptors (Lipinski definition) is 0. The summed E-state index contributed by atoms with van der Waals surface area (Å²) in [6.07, 6.45) is 1.83. The predicted octanol–water partition coefficient (Wildman–Crippen LogP) is 8.53. The predicted molar refractivity (Wildman–Crippen MR) is 139 cm³/mol. The number of rotatable bonds is 4. The summed E-state index contributed by atoms with van der Waals surface area (Å²) in [4.78, 5) is 0. The Morgan fingerprint density at radius 2 is 1.12 bits per heavy atom. The monoisotopic (exact) mass is 534 g/mol. The van der Waals surface area contributed by atoms with E-state index in [2.05, 4.69) is 91.0 Å². The molecule has 0 heterocycles. The van der Waals surface area contributed by atoms with Crippen LogP contribution in [0.2, 0.25) is 0 Å². The number of halogens is 2. The van der Waals surface area contributed by atoms with E-state index in [-0.39, 0.29) is 0 Å². The second kappa shape index (κ2) is 14.2. The smallest absolute Gasteiger partial charge is 0.0809 e. The first kappa shape index (κ1) is 24.6. The van der Waals surface area contributed by atoms with E-state index in [1.54, 1.807) is 0 Å². The second-order valence-corrected chi connectivity index (χ2v) is 15.9. The maximum absolute atomic E-state index is 6.27. The van der Waals surface area contributed by atoms with Crippen molar-refractivity contribution in [2.45, 2.75) is 12.8 Å². The van der Waals surface area contributed by atoms with E-state index in [1.165, 1.54) is 25.1 Å². The Morgan fingerprint density at radius 3 is 1.59 bits per heavy atom. The van der Waals surface area contributed by atoms with Gasteiger partial charge in [-0.2, -0.15) is 35.7 Å². The van der Waals surface area contributed by atoms with E-state index < -0.39 is 18.9 Å². The molecule has 0 amide bonds. The molecule has 5 aromatic carbocycles. The molecule has 162 valence electrons. The zero-order valence-electron chi connectivity index (χ0n) is 17.9. The van der Waals surface area contributed by atoms with Gasteiger partial charge in [-0.3, -0.25) is 0 Å². The van der Waals surface area contributed by atoms with Gasteiger partial charge in [0.15, 0.2) is 0 Å². The van der Waals surface area contributed by atoms with Crippen molar-refractivity contribution in [1.29, 1.82) is 0 Å². The molecule has 0 saturated carbocycles. The Bertz CT molecular complexity index is 1080. The maximum atomic E-state index is 6.27. The Morgan fingerprint density at radius 1 is 0.594 bits per heavy atom. The second-order valence-electron chi connectivity index (χ2n) is 7.31. The standard InChI is InChI=1S/C15H14.C9H7.C5H5.2ClH.Zr/c1-3-8-14(9-4-1)12-7-13-15-10-5-2-6-11-15;1-2-5-9-7-3-6-8(9)4-1;1-2-4-5-3-1;;;/h1-6,8-11H,12-13H2;1-7H;1-5H;2*1H;/q;2*-1;;;+2/p-2. The molecular weight excluding hydrogens is 510 g/mol. The van der Waals surface area contributed by atoms with Gasteiger partial charge in [-0.25, -0.2) is 12.1 Å². The summed E-state index contributed by atoms with van der Waals surface area (Å²) < 4.78 is 1.33. The van der Waals surface area contributed by atoms with Gasteiger partial charge in [0, 0.05) is 0 Å². The summed E-state index contributed by atoms with van der Waals surface area (Å²) in [6, 6.07) is 45.5. The first-order valence-corrected chi connectivity index (χ1v) is 18.2. The van der Waals surface area contributed by atoms with Gasteiger partial charge in [0.25, 0.3) is 0 Å². The molecule has 3 heteroatoms. The van der Waals surface area contributed by atoms with E-state index in [4.69, 9.17) is 17.0 Å². The summed E-state index contributed by atoms with van der Waals surface area (Å²) >= 11 is -2.32. The molecule has 5 rings (SSSR count). The summed E-state index contributed by atoms with van der Waals surface area (Å²) in [5.41, 5.74) is 2.59. The summed E-state index contributed by atoms with van der Waals surface area (Å²) in [6.45, 7) is 0. The average Bonchev–Trinajstić information content (AvgIpc) is 3.56. The van der Waals surface area contributed by atoms with Crippen LogP contribution in [0.1, 0.15) is 11.1 Å². The third-order valence-corrected chi connectivity index (χ3v) is 10.2. The Hall–Kier alpha value is -2.05. The van der Waals surface area contributed by atoms with E-state index in [1.807, 2.05) is 42.5 Å². The molecular formula is C29H26Cl2Zr-2. The van der Waals surface area contributed by atoms with Gasteiger partial charge in [-0.05, 0) is 0 Å². The normalized spacial score (nSPS) is 9.81. The van der Waals surface area contributed by atoms with Crippen molar-refractivity contribution in [2.75, 3.05) is 0 Å². The third kappa shape index (κ3) is 8.83. The van der Waals surface area contributed by atoms with Gasteiger partial charge in [-0.1, -0.05) is 6.07 Å². The summed E-state index contributed by atoms with van der Waals surface area (Å²) in [7, 11) is 12.5. The van der Waals surface area contributed by atoms with E-state index in [0.717, 1.165) is 12.8 Å². The van der Waals surface area contributed by atoms with E-state index in [9.17, 15) is 0 Å². The maximum Gasteiger partial charge on any atom is -0.0809 e. The molecule has 0 unspecified atom stereocenters. The summed E-state index contributed by atoms with van der Waals surface area (Å²) in [5.74, 6) is 0. The molecule has 0 aliphatic carbocycles. The SMILES string of the molecule is [Cl][Zr]([Cl])=[C](Cc1ccccc1)Cc1ccccc1.c1cc[cH-]c1.c1ccc2[cH-]ccc2c1. The molecule has 32 heavy (non-hydrogen) atoms. The van der Waals surface area contributed by atoms with E-state index in [0.29, 0.717) is 0 Å². The fraction of sp³-hybridized carbons (Fsp3) is 0.0690. The molecule has 0 N–H and O–H groups in total. The quantitative estimate of drug-likeness (QED) is 0.202. The molecule has 0 radical (unpaired) electrons. The van der Waals surface area contributed by atoms with Crippen LogP contribution in [0.3, 0.4) is 0 Å². The minimum Gasteiger partial charge on any atom is -0.214 e. The molecule has 0 bridgehead atoms. The number of hydrogen-bond donors (Lipinski definition) is 0. The van der Waals surface area contributed by atoms with Crippen LogP contribution in [0.5, 0.6) is 0 Å².